The molecule has 0 aromatic heterocycles. The molecule has 1 aliphatic rings. The third-order valence-electron chi connectivity index (χ3n) is 5.21. The fourth-order valence-corrected chi connectivity index (χ4v) is 3.39. The normalized spacial score (nSPS) is 28.2. The summed E-state index contributed by atoms with van der Waals surface area (Å²) in [7, 11) is 1.71. The standard InChI is InChI=1S/C19H28O2/c1-12(2)14-7-15(13(3)4)9-16(8-14)19(5)17(10-20)18(19)11-21-6/h7-10,12-13,17-18H,11H2,1-6H3/t17-,18+,19-/m1/s1. The number of hydrogen-bond donors (Lipinski definition) is 0. The van der Waals surface area contributed by atoms with E-state index in [0.29, 0.717) is 24.4 Å². The van der Waals surface area contributed by atoms with Crippen LogP contribution >= 0.6 is 0 Å². The Morgan fingerprint density at radius 2 is 1.67 bits per heavy atom. The lowest BCUT2D eigenvalue weighted by Crippen LogP contribution is -2.11. The molecule has 0 saturated heterocycles. The van der Waals surface area contributed by atoms with Crippen LogP contribution in [0.25, 0.3) is 0 Å². The second-order valence-electron chi connectivity index (χ2n) is 7.20. The highest BCUT2D eigenvalue weighted by molar-refractivity contribution is 5.66. The number of aldehydes is 1. The van der Waals surface area contributed by atoms with Crippen LogP contribution in [0, 0.1) is 11.8 Å². The van der Waals surface area contributed by atoms with Gasteiger partial charge in [0, 0.05) is 24.4 Å². The molecule has 0 heterocycles. The first-order valence-electron chi connectivity index (χ1n) is 7.95. The van der Waals surface area contributed by atoms with E-state index < -0.39 is 0 Å². The topological polar surface area (TPSA) is 26.3 Å². The Labute approximate surface area is 128 Å². The van der Waals surface area contributed by atoms with Crippen molar-refractivity contribution in [2.75, 3.05) is 13.7 Å². The van der Waals surface area contributed by atoms with E-state index >= 15 is 0 Å². The predicted octanol–water partition coefficient (Wildman–Crippen LogP) is 4.28. The summed E-state index contributed by atoms with van der Waals surface area (Å²) in [5.41, 5.74) is 3.97. The Morgan fingerprint density at radius 3 is 2.05 bits per heavy atom. The lowest BCUT2D eigenvalue weighted by atomic mass is 9.86. The Bertz CT molecular complexity index is 492. The molecule has 2 nitrogen and oxygen atoms in total. The highest BCUT2D eigenvalue weighted by Gasteiger charge is 2.62. The molecule has 1 aromatic carbocycles. The van der Waals surface area contributed by atoms with Gasteiger partial charge in [-0.1, -0.05) is 52.8 Å². The van der Waals surface area contributed by atoms with Crippen LogP contribution in [0.15, 0.2) is 18.2 Å². The van der Waals surface area contributed by atoms with Crippen molar-refractivity contribution in [1.82, 2.24) is 0 Å². The van der Waals surface area contributed by atoms with Gasteiger partial charge in [0.15, 0.2) is 0 Å². The first-order chi connectivity index (χ1) is 9.86. The summed E-state index contributed by atoms with van der Waals surface area (Å²) in [6.45, 7) is 11.8. The number of ether oxygens (including phenoxy) is 1. The zero-order valence-corrected chi connectivity index (χ0v) is 14.1. The molecule has 0 amide bonds. The minimum Gasteiger partial charge on any atom is -0.384 e. The quantitative estimate of drug-likeness (QED) is 0.730. The van der Waals surface area contributed by atoms with E-state index in [1.165, 1.54) is 16.7 Å². The smallest absolute Gasteiger partial charge is 0.124 e. The molecular weight excluding hydrogens is 260 g/mol. The Morgan fingerprint density at radius 1 is 1.14 bits per heavy atom. The van der Waals surface area contributed by atoms with Gasteiger partial charge in [0.25, 0.3) is 0 Å². The van der Waals surface area contributed by atoms with Crippen LogP contribution in [0.2, 0.25) is 0 Å². The number of benzene rings is 1. The highest BCUT2D eigenvalue weighted by Crippen LogP contribution is 2.59. The Balaban J connectivity index is 2.46. The van der Waals surface area contributed by atoms with Crippen LogP contribution in [0.4, 0.5) is 0 Å². The predicted molar refractivity (Wildman–Crippen MR) is 86.9 cm³/mol. The monoisotopic (exact) mass is 288 g/mol. The van der Waals surface area contributed by atoms with E-state index in [1.807, 2.05) is 0 Å². The summed E-state index contributed by atoms with van der Waals surface area (Å²) in [6, 6.07) is 6.90. The summed E-state index contributed by atoms with van der Waals surface area (Å²) >= 11 is 0. The van der Waals surface area contributed by atoms with Crippen molar-refractivity contribution in [2.45, 2.75) is 51.9 Å². The molecule has 116 valence electrons. The molecule has 1 fully saturated rings. The first-order valence-corrected chi connectivity index (χ1v) is 7.95. The Kier molecular flexibility index (Phi) is 4.57. The van der Waals surface area contributed by atoms with Crippen LogP contribution in [0.5, 0.6) is 0 Å². The molecule has 0 unspecified atom stereocenters. The lowest BCUT2D eigenvalue weighted by Gasteiger charge is -2.19. The van der Waals surface area contributed by atoms with Crippen molar-refractivity contribution in [2.24, 2.45) is 11.8 Å². The van der Waals surface area contributed by atoms with Gasteiger partial charge in [0.1, 0.15) is 6.29 Å². The van der Waals surface area contributed by atoms with Crippen molar-refractivity contribution in [3.63, 3.8) is 0 Å². The fourth-order valence-electron chi connectivity index (χ4n) is 3.39. The molecule has 2 rings (SSSR count). The zero-order valence-electron chi connectivity index (χ0n) is 14.1. The van der Waals surface area contributed by atoms with Gasteiger partial charge in [-0.05, 0) is 28.5 Å². The molecule has 0 radical (unpaired) electrons. The molecule has 2 heteroatoms. The molecule has 0 aliphatic heterocycles. The maximum atomic E-state index is 11.4. The van der Waals surface area contributed by atoms with E-state index in [-0.39, 0.29) is 11.3 Å². The van der Waals surface area contributed by atoms with Gasteiger partial charge in [-0.3, -0.25) is 0 Å². The van der Waals surface area contributed by atoms with Crippen LogP contribution in [0.1, 0.15) is 63.1 Å². The van der Waals surface area contributed by atoms with Crippen molar-refractivity contribution in [1.29, 1.82) is 0 Å². The SMILES string of the molecule is COC[C@H]1[C@@H](C=O)[C@@]1(C)c1cc(C(C)C)cc(C(C)C)c1. The number of carbonyl (C=O) groups excluding carboxylic acids is 1. The fraction of sp³-hybridized carbons (Fsp3) is 0.632. The second kappa shape index (κ2) is 5.92. The van der Waals surface area contributed by atoms with Crippen LogP contribution in [-0.4, -0.2) is 20.0 Å². The molecule has 1 aliphatic carbocycles. The van der Waals surface area contributed by atoms with Crippen LogP contribution in [-0.2, 0) is 14.9 Å². The molecule has 1 aromatic rings. The molecule has 1 saturated carbocycles. The number of methoxy groups -OCH3 is 1. The second-order valence-corrected chi connectivity index (χ2v) is 7.20. The van der Waals surface area contributed by atoms with Crippen molar-refractivity contribution in [3.05, 3.63) is 34.9 Å². The third-order valence-corrected chi connectivity index (χ3v) is 5.21. The average Bonchev–Trinajstić information content (AvgIpc) is 3.03. The van der Waals surface area contributed by atoms with Crippen LogP contribution < -0.4 is 0 Å². The molecule has 0 bridgehead atoms. The summed E-state index contributed by atoms with van der Waals surface area (Å²) < 4.78 is 5.31. The molecule has 0 N–H and O–H groups in total. The largest absolute Gasteiger partial charge is 0.384 e. The molecule has 0 spiro atoms. The van der Waals surface area contributed by atoms with E-state index in [0.717, 1.165) is 6.29 Å². The van der Waals surface area contributed by atoms with Crippen molar-refractivity contribution >= 4 is 6.29 Å². The minimum atomic E-state index is -0.0632. The van der Waals surface area contributed by atoms with E-state index in [4.69, 9.17) is 4.74 Å². The van der Waals surface area contributed by atoms with Gasteiger partial charge in [0.2, 0.25) is 0 Å². The lowest BCUT2D eigenvalue weighted by molar-refractivity contribution is -0.109. The van der Waals surface area contributed by atoms with Crippen molar-refractivity contribution < 1.29 is 9.53 Å². The highest BCUT2D eigenvalue weighted by atomic mass is 16.5. The van der Waals surface area contributed by atoms with Crippen LogP contribution in [0.3, 0.4) is 0 Å². The summed E-state index contributed by atoms with van der Waals surface area (Å²) in [6.07, 6.45) is 1.11. The molecule has 3 atom stereocenters. The summed E-state index contributed by atoms with van der Waals surface area (Å²) in [5.74, 6) is 1.39. The zero-order chi connectivity index (χ0) is 15.8. The number of hydrogen-bond acceptors (Lipinski definition) is 2. The summed E-state index contributed by atoms with van der Waals surface area (Å²) in [4.78, 5) is 11.4. The minimum absolute atomic E-state index is 0.0632. The van der Waals surface area contributed by atoms with Gasteiger partial charge in [-0.2, -0.15) is 0 Å². The maximum absolute atomic E-state index is 11.4. The maximum Gasteiger partial charge on any atom is 0.124 e. The van der Waals surface area contributed by atoms with Gasteiger partial charge >= 0.3 is 0 Å². The molecule has 21 heavy (non-hydrogen) atoms. The third kappa shape index (κ3) is 2.78. The first kappa shape index (κ1) is 16.2. The van der Waals surface area contributed by atoms with E-state index in [2.05, 4.69) is 52.8 Å². The van der Waals surface area contributed by atoms with Gasteiger partial charge < -0.3 is 9.53 Å². The number of rotatable bonds is 6. The van der Waals surface area contributed by atoms with Gasteiger partial charge in [-0.15, -0.1) is 0 Å². The van der Waals surface area contributed by atoms with Gasteiger partial charge in [-0.25, -0.2) is 0 Å². The van der Waals surface area contributed by atoms with Crippen molar-refractivity contribution in [3.8, 4) is 0 Å². The number of carbonyl (C=O) groups is 1. The summed E-state index contributed by atoms with van der Waals surface area (Å²) in [5, 5.41) is 0. The average molecular weight is 288 g/mol. The van der Waals surface area contributed by atoms with Gasteiger partial charge in [0.05, 0.1) is 6.61 Å². The molecular formula is C19H28O2. The van der Waals surface area contributed by atoms with E-state index in [1.54, 1.807) is 7.11 Å². The Hall–Kier alpha value is -1.15. The van der Waals surface area contributed by atoms with E-state index in [9.17, 15) is 4.79 Å².